The van der Waals surface area contributed by atoms with Crippen LogP contribution in [0.25, 0.3) is 0 Å². The Hall–Kier alpha value is 0.160. The summed E-state index contributed by atoms with van der Waals surface area (Å²) >= 11 is 15.7. The first-order valence-corrected chi connectivity index (χ1v) is 7.13. The van der Waals surface area contributed by atoms with E-state index in [1.807, 2.05) is 12.1 Å². The van der Waals surface area contributed by atoms with Crippen molar-refractivity contribution < 1.29 is 4.39 Å². The van der Waals surface area contributed by atoms with Crippen LogP contribution in [0.1, 0.15) is 15.8 Å². The van der Waals surface area contributed by atoms with E-state index in [0.717, 1.165) is 14.0 Å². The fraction of sp³-hybridized carbons (Fsp3) is 0.0909. The molecule has 1 heterocycles. The topological polar surface area (TPSA) is 0 Å². The van der Waals surface area contributed by atoms with Gasteiger partial charge in [-0.2, -0.15) is 0 Å². The summed E-state index contributed by atoms with van der Waals surface area (Å²) in [6.45, 7) is 0. The molecule has 0 fully saturated rings. The molecule has 0 bridgehead atoms. The number of halogens is 4. The SMILES string of the molecule is Fc1ccc(C(Cl)c2ccc(Cl)s2)c(I)c1. The molecule has 0 aliphatic carbocycles. The summed E-state index contributed by atoms with van der Waals surface area (Å²) in [7, 11) is 0. The maximum atomic E-state index is 13.0. The monoisotopic (exact) mass is 386 g/mol. The third-order valence-corrected chi connectivity index (χ3v) is 4.91. The highest BCUT2D eigenvalue weighted by atomic mass is 127. The maximum absolute atomic E-state index is 13.0. The summed E-state index contributed by atoms with van der Waals surface area (Å²) in [6.07, 6.45) is 0. The zero-order chi connectivity index (χ0) is 11.7. The molecule has 1 unspecified atom stereocenters. The van der Waals surface area contributed by atoms with Crippen LogP contribution in [0.3, 0.4) is 0 Å². The fourth-order valence-corrected chi connectivity index (χ4v) is 3.75. The molecule has 2 rings (SSSR count). The van der Waals surface area contributed by atoms with Crippen LogP contribution < -0.4 is 0 Å². The normalized spacial score (nSPS) is 12.8. The molecule has 5 heteroatoms. The van der Waals surface area contributed by atoms with Crippen LogP contribution in [0.5, 0.6) is 0 Å². The molecule has 84 valence electrons. The van der Waals surface area contributed by atoms with E-state index in [1.54, 1.807) is 6.07 Å². The van der Waals surface area contributed by atoms with Gasteiger partial charge in [-0.3, -0.25) is 0 Å². The zero-order valence-electron chi connectivity index (χ0n) is 7.88. The molecular weight excluding hydrogens is 381 g/mol. The standard InChI is InChI=1S/C11H6Cl2FIS/c12-10-4-3-9(16-10)11(13)7-2-1-6(14)5-8(7)15/h1-5,11H. The minimum absolute atomic E-state index is 0.249. The van der Waals surface area contributed by atoms with E-state index < -0.39 is 0 Å². The van der Waals surface area contributed by atoms with E-state index in [4.69, 9.17) is 23.2 Å². The van der Waals surface area contributed by atoms with E-state index in [1.165, 1.54) is 23.5 Å². The van der Waals surface area contributed by atoms with Crippen LogP contribution >= 0.6 is 57.1 Å². The molecule has 0 saturated carbocycles. The molecule has 1 atom stereocenters. The minimum Gasteiger partial charge on any atom is -0.207 e. The van der Waals surface area contributed by atoms with E-state index in [2.05, 4.69) is 22.6 Å². The lowest BCUT2D eigenvalue weighted by Crippen LogP contribution is -1.94. The summed E-state index contributed by atoms with van der Waals surface area (Å²) in [5, 5.41) is -0.273. The van der Waals surface area contributed by atoms with Crippen molar-refractivity contribution in [1.82, 2.24) is 0 Å². The van der Waals surface area contributed by atoms with Gasteiger partial charge < -0.3 is 0 Å². The highest BCUT2D eigenvalue weighted by Gasteiger charge is 2.16. The van der Waals surface area contributed by atoms with Gasteiger partial charge in [0.25, 0.3) is 0 Å². The Bertz CT molecular complexity index is 512. The molecule has 0 aliphatic rings. The van der Waals surface area contributed by atoms with Crippen molar-refractivity contribution in [2.75, 3.05) is 0 Å². The molecule has 2 aromatic rings. The molecular formula is C11H6Cl2FIS. The number of benzene rings is 1. The van der Waals surface area contributed by atoms with Crippen LogP contribution in [0, 0.1) is 9.39 Å². The minimum atomic E-state index is -0.273. The summed E-state index contributed by atoms with van der Waals surface area (Å²) < 4.78 is 14.5. The van der Waals surface area contributed by atoms with Gasteiger partial charge in [0.2, 0.25) is 0 Å². The third-order valence-electron chi connectivity index (χ3n) is 2.08. The molecule has 0 radical (unpaired) electrons. The molecule has 0 spiro atoms. The Labute approximate surface area is 121 Å². The van der Waals surface area contributed by atoms with Gasteiger partial charge in [-0.05, 0) is 52.4 Å². The average molecular weight is 387 g/mol. The predicted molar refractivity (Wildman–Crippen MR) is 76.1 cm³/mol. The van der Waals surface area contributed by atoms with Crippen molar-refractivity contribution in [3.8, 4) is 0 Å². The molecule has 0 amide bonds. The van der Waals surface area contributed by atoms with Crippen molar-refractivity contribution in [2.45, 2.75) is 5.38 Å². The lowest BCUT2D eigenvalue weighted by Gasteiger charge is -2.09. The number of thiophene rings is 1. The average Bonchev–Trinajstić information content (AvgIpc) is 2.64. The number of rotatable bonds is 2. The summed E-state index contributed by atoms with van der Waals surface area (Å²) in [5.74, 6) is -0.249. The predicted octanol–water partition coefficient (Wildman–Crippen LogP) is 5.47. The molecule has 1 aromatic carbocycles. The van der Waals surface area contributed by atoms with E-state index >= 15 is 0 Å². The van der Waals surface area contributed by atoms with Crippen LogP contribution in [0.2, 0.25) is 4.34 Å². The van der Waals surface area contributed by atoms with Crippen molar-refractivity contribution in [2.24, 2.45) is 0 Å². The fourth-order valence-electron chi connectivity index (χ4n) is 1.32. The van der Waals surface area contributed by atoms with Crippen molar-refractivity contribution in [3.05, 3.63) is 54.5 Å². The third kappa shape index (κ3) is 2.70. The number of hydrogen-bond donors (Lipinski definition) is 0. The summed E-state index contributed by atoms with van der Waals surface area (Å²) in [4.78, 5) is 0.969. The van der Waals surface area contributed by atoms with Gasteiger partial charge in [-0.1, -0.05) is 17.7 Å². The lowest BCUT2D eigenvalue weighted by molar-refractivity contribution is 0.626. The van der Waals surface area contributed by atoms with Crippen LogP contribution in [-0.4, -0.2) is 0 Å². The van der Waals surface area contributed by atoms with Gasteiger partial charge in [0.05, 0.1) is 9.71 Å². The Morgan fingerprint density at radius 1 is 1.25 bits per heavy atom. The first-order valence-electron chi connectivity index (χ1n) is 4.42. The first kappa shape index (κ1) is 12.6. The summed E-state index contributed by atoms with van der Waals surface area (Å²) in [6, 6.07) is 8.31. The Balaban J connectivity index is 2.37. The second kappa shape index (κ2) is 5.21. The Kier molecular flexibility index (Phi) is 4.11. The summed E-state index contributed by atoms with van der Waals surface area (Å²) in [5.41, 5.74) is 0.905. The maximum Gasteiger partial charge on any atom is 0.124 e. The van der Waals surface area contributed by atoms with Gasteiger partial charge in [-0.15, -0.1) is 22.9 Å². The zero-order valence-corrected chi connectivity index (χ0v) is 12.4. The van der Waals surface area contributed by atoms with E-state index in [9.17, 15) is 4.39 Å². The van der Waals surface area contributed by atoms with E-state index in [0.29, 0.717) is 4.34 Å². The Morgan fingerprint density at radius 2 is 2.00 bits per heavy atom. The molecule has 0 aliphatic heterocycles. The molecule has 0 saturated heterocycles. The Morgan fingerprint density at radius 3 is 2.56 bits per heavy atom. The smallest absolute Gasteiger partial charge is 0.124 e. The van der Waals surface area contributed by atoms with Gasteiger partial charge in [-0.25, -0.2) is 4.39 Å². The highest BCUT2D eigenvalue weighted by Crippen LogP contribution is 2.37. The van der Waals surface area contributed by atoms with Gasteiger partial charge in [0.1, 0.15) is 5.82 Å². The molecule has 0 N–H and O–H groups in total. The van der Waals surface area contributed by atoms with Gasteiger partial charge in [0, 0.05) is 8.45 Å². The first-order chi connectivity index (χ1) is 7.58. The lowest BCUT2D eigenvalue weighted by atomic mass is 10.1. The van der Waals surface area contributed by atoms with Crippen LogP contribution in [-0.2, 0) is 0 Å². The molecule has 16 heavy (non-hydrogen) atoms. The van der Waals surface area contributed by atoms with Crippen molar-refractivity contribution in [3.63, 3.8) is 0 Å². The quantitative estimate of drug-likeness (QED) is 0.474. The second-order valence-electron chi connectivity index (χ2n) is 3.17. The highest BCUT2D eigenvalue weighted by molar-refractivity contribution is 14.1. The number of hydrogen-bond acceptors (Lipinski definition) is 1. The molecule has 1 aromatic heterocycles. The van der Waals surface area contributed by atoms with Gasteiger partial charge in [0.15, 0.2) is 0 Å². The molecule has 0 nitrogen and oxygen atoms in total. The van der Waals surface area contributed by atoms with Crippen LogP contribution in [0.15, 0.2) is 30.3 Å². The largest absolute Gasteiger partial charge is 0.207 e. The van der Waals surface area contributed by atoms with E-state index in [-0.39, 0.29) is 11.2 Å². The van der Waals surface area contributed by atoms with Gasteiger partial charge >= 0.3 is 0 Å². The number of alkyl halides is 1. The van der Waals surface area contributed by atoms with Crippen molar-refractivity contribution in [1.29, 1.82) is 0 Å². The van der Waals surface area contributed by atoms with Crippen molar-refractivity contribution >= 4 is 57.1 Å². The van der Waals surface area contributed by atoms with Crippen LogP contribution in [0.4, 0.5) is 4.39 Å². The second-order valence-corrected chi connectivity index (χ2v) is 6.52.